The maximum absolute atomic E-state index is 13.2. The number of halogens is 3. The predicted molar refractivity (Wildman–Crippen MR) is 108 cm³/mol. The molecule has 1 saturated heterocycles. The van der Waals surface area contributed by atoms with Crippen molar-refractivity contribution in [1.29, 1.82) is 0 Å². The van der Waals surface area contributed by atoms with E-state index in [0.29, 0.717) is 5.82 Å². The van der Waals surface area contributed by atoms with Gasteiger partial charge >= 0.3 is 6.18 Å². The van der Waals surface area contributed by atoms with Crippen LogP contribution in [0.2, 0.25) is 0 Å². The van der Waals surface area contributed by atoms with Gasteiger partial charge in [-0.15, -0.1) is 0 Å². The van der Waals surface area contributed by atoms with Crippen molar-refractivity contribution in [2.24, 2.45) is 0 Å². The van der Waals surface area contributed by atoms with Crippen molar-refractivity contribution >= 4 is 28.8 Å². The third-order valence-electron chi connectivity index (χ3n) is 4.75. The Hall–Kier alpha value is -3.29. The lowest BCUT2D eigenvalue weighted by Crippen LogP contribution is -2.17. The van der Waals surface area contributed by atoms with Gasteiger partial charge in [-0.05, 0) is 55.3 Å². The highest BCUT2D eigenvalue weighted by Crippen LogP contribution is 2.35. The van der Waals surface area contributed by atoms with E-state index in [1.165, 1.54) is 42.9 Å². The van der Waals surface area contributed by atoms with E-state index >= 15 is 0 Å². The first kappa shape index (κ1) is 19.0. The van der Waals surface area contributed by atoms with Gasteiger partial charge in [0.15, 0.2) is 0 Å². The monoisotopic (exact) mass is 399 g/mol. The molecule has 3 aromatic rings. The van der Waals surface area contributed by atoms with E-state index in [1.807, 2.05) is 24.3 Å². The summed E-state index contributed by atoms with van der Waals surface area (Å²) >= 11 is 0. The standard InChI is InChI=1S/C21H20F3N5/c22-21(23,24)17-5-1-2-6-18(17)27-20-25-12-11-19(28-20)26-15-7-9-16(10-8-15)29-13-3-4-14-29/h1-2,5-12H,3-4,13-14H2,(H2,25,26,27,28). The zero-order valence-electron chi connectivity index (χ0n) is 15.6. The number of benzene rings is 2. The Balaban J connectivity index is 1.48. The zero-order chi connectivity index (χ0) is 20.3. The summed E-state index contributed by atoms with van der Waals surface area (Å²) in [4.78, 5) is 10.6. The predicted octanol–water partition coefficient (Wildman–Crippen LogP) is 5.58. The molecule has 2 heterocycles. The molecule has 1 aliphatic heterocycles. The minimum atomic E-state index is -4.46. The van der Waals surface area contributed by atoms with Crippen molar-refractivity contribution in [3.05, 3.63) is 66.4 Å². The fourth-order valence-electron chi connectivity index (χ4n) is 3.33. The smallest absolute Gasteiger partial charge is 0.372 e. The minimum absolute atomic E-state index is 0.0837. The van der Waals surface area contributed by atoms with Crippen LogP contribution in [0.25, 0.3) is 0 Å². The molecule has 150 valence electrons. The van der Waals surface area contributed by atoms with E-state index in [-0.39, 0.29) is 11.6 Å². The van der Waals surface area contributed by atoms with E-state index in [0.717, 1.165) is 24.8 Å². The summed E-state index contributed by atoms with van der Waals surface area (Å²) in [5, 5.41) is 5.82. The molecule has 2 N–H and O–H groups in total. The van der Waals surface area contributed by atoms with Gasteiger partial charge in [-0.2, -0.15) is 18.2 Å². The number of hydrogen-bond acceptors (Lipinski definition) is 5. The molecule has 8 heteroatoms. The summed E-state index contributed by atoms with van der Waals surface area (Å²) in [5.74, 6) is 0.571. The fraction of sp³-hybridized carbons (Fsp3) is 0.238. The van der Waals surface area contributed by atoms with E-state index in [4.69, 9.17) is 0 Å². The average molecular weight is 399 g/mol. The first-order chi connectivity index (χ1) is 14.0. The van der Waals surface area contributed by atoms with Gasteiger partial charge in [-0.25, -0.2) is 4.98 Å². The van der Waals surface area contributed by atoms with E-state index in [2.05, 4.69) is 25.5 Å². The van der Waals surface area contributed by atoms with E-state index in [1.54, 1.807) is 6.07 Å². The van der Waals surface area contributed by atoms with Crippen LogP contribution < -0.4 is 15.5 Å². The number of nitrogens with zero attached hydrogens (tertiary/aromatic N) is 3. The lowest BCUT2D eigenvalue weighted by atomic mass is 10.1. The SMILES string of the molecule is FC(F)(F)c1ccccc1Nc1nccc(Nc2ccc(N3CCCC3)cc2)n1. The van der Waals surface area contributed by atoms with Gasteiger partial charge in [0.25, 0.3) is 0 Å². The largest absolute Gasteiger partial charge is 0.418 e. The Morgan fingerprint density at radius 1 is 0.862 bits per heavy atom. The molecule has 29 heavy (non-hydrogen) atoms. The van der Waals surface area contributed by atoms with Crippen LogP contribution in [0.4, 0.5) is 42.0 Å². The normalized spacial score (nSPS) is 14.1. The minimum Gasteiger partial charge on any atom is -0.372 e. The highest BCUT2D eigenvalue weighted by Gasteiger charge is 2.33. The van der Waals surface area contributed by atoms with Crippen LogP contribution in [0.1, 0.15) is 18.4 Å². The molecule has 1 fully saturated rings. The summed E-state index contributed by atoms with van der Waals surface area (Å²) in [7, 11) is 0. The first-order valence-electron chi connectivity index (χ1n) is 9.37. The van der Waals surface area contributed by atoms with Crippen LogP contribution in [0.3, 0.4) is 0 Å². The lowest BCUT2D eigenvalue weighted by Gasteiger charge is -2.18. The zero-order valence-corrected chi connectivity index (χ0v) is 15.6. The Morgan fingerprint density at radius 3 is 2.31 bits per heavy atom. The van der Waals surface area contributed by atoms with Gasteiger partial charge < -0.3 is 15.5 Å². The molecule has 2 aromatic carbocycles. The molecule has 5 nitrogen and oxygen atoms in total. The fourth-order valence-corrected chi connectivity index (χ4v) is 3.33. The summed E-state index contributed by atoms with van der Waals surface area (Å²) in [6.45, 7) is 2.15. The van der Waals surface area contributed by atoms with Crippen LogP contribution in [-0.4, -0.2) is 23.1 Å². The number of rotatable bonds is 5. The number of anilines is 5. The molecular formula is C21H20F3N5. The number of para-hydroxylation sites is 1. The van der Waals surface area contributed by atoms with E-state index in [9.17, 15) is 13.2 Å². The van der Waals surface area contributed by atoms with E-state index < -0.39 is 11.7 Å². The topological polar surface area (TPSA) is 53.1 Å². The summed E-state index contributed by atoms with van der Waals surface area (Å²) in [6, 6.07) is 14.9. The molecule has 1 aromatic heterocycles. The third kappa shape index (κ3) is 4.59. The van der Waals surface area contributed by atoms with Gasteiger partial charge in [-0.1, -0.05) is 12.1 Å². The molecule has 0 aliphatic carbocycles. The molecule has 0 atom stereocenters. The molecule has 0 unspecified atom stereocenters. The summed E-state index contributed by atoms with van der Waals surface area (Å²) < 4.78 is 39.5. The van der Waals surface area contributed by atoms with Gasteiger partial charge in [0.2, 0.25) is 5.95 Å². The molecule has 0 saturated carbocycles. The molecule has 4 rings (SSSR count). The van der Waals surface area contributed by atoms with Crippen LogP contribution in [0.15, 0.2) is 60.8 Å². The maximum atomic E-state index is 13.2. The second kappa shape index (κ2) is 7.98. The average Bonchev–Trinajstić information content (AvgIpc) is 3.23. The van der Waals surface area contributed by atoms with Gasteiger partial charge in [0, 0.05) is 30.7 Å². The lowest BCUT2D eigenvalue weighted by molar-refractivity contribution is -0.136. The Bertz CT molecular complexity index is 967. The molecule has 1 aliphatic rings. The molecule has 0 amide bonds. The summed E-state index contributed by atoms with van der Waals surface area (Å²) in [6.07, 6.45) is -0.536. The van der Waals surface area contributed by atoms with Gasteiger partial charge in [0.1, 0.15) is 5.82 Å². The Kier molecular flexibility index (Phi) is 5.24. The van der Waals surface area contributed by atoms with Crippen molar-refractivity contribution in [2.75, 3.05) is 28.6 Å². The molecule has 0 radical (unpaired) electrons. The maximum Gasteiger partial charge on any atom is 0.418 e. The number of alkyl halides is 3. The molecule has 0 bridgehead atoms. The van der Waals surface area contributed by atoms with Gasteiger partial charge in [-0.3, -0.25) is 0 Å². The van der Waals surface area contributed by atoms with Gasteiger partial charge in [0.05, 0.1) is 11.3 Å². The van der Waals surface area contributed by atoms with Crippen molar-refractivity contribution in [3.63, 3.8) is 0 Å². The number of hydrogen-bond donors (Lipinski definition) is 2. The highest BCUT2D eigenvalue weighted by molar-refractivity contribution is 5.63. The van der Waals surface area contributed by atoms with Crippen molar-refractivity contribution < 1.29 is 13.2 Å². The van der Waals surface area contributed by atoms with Crippen molar-refractivity contribution in [2.45, 2.75) is 19.0 Å². The molecular weight excluding hydrogens is 379 g/mol. The van der Waals surface area contributed by atoms with Crippen LogP contribution in [0.5, 0.6) is 0 Å². The Morgan fingerprint density at radius 2 is 1.59 bits per heavy atom. The van der Waals surface area contributed by atoms with Crippen LogP contribution >= 0.6 is 0 Å². The highest BCUT2D eigenvalue weighted by atomic mass is 19.4. The number of nitrogens with one attached hydrogen (secondary N) is 2. The molecule has 0 spiro atoms. The van der Waals surface area contributed by atoms with Crippen LogP contribution in [0, 0.1) is 0 Å². The van der Waals surface area contributed by atoms with Crippen LogP contribution in [-0.2, 0) is 6.18 Å². The summed E-state index contributed by atoms with van der Waals surface area (Å²) in [5.41, 5.74) is 1.17. The van der Waals surface area contributed by atoms with Crippen molar-refractivity contribution in [3.8, 4) is 0 Å². The quantitative estimate of drug-likeness (QED) is 0.586. The second-order valence-corrected chi connectivity index (χ2v) is 6.80. The first-order valence-corrected chi connectivity index (χ1v) is 9.37. The second-order valence-electron chi connectivity index (χ2n) is 6.80. The number of aromatic nitrogens is 2. The third-order valence-corrected chi connectivity index (χ3v) is 4.75. The van der Waals surface area contributed by atoms with Crippen molar-refractivity contribution in [1.82, 2.24) is 9.97 Å². The Labute approximate surface area is 166 Å².